The van der Waals surface area contributed by atoms with Gasteiger partial charge in [-0.2, -0.15) is 8.42 Å². The van der Waals surface area contributed by atoms with Gasteiger partial charge in [0.2, 0.25) is 0 Å². The Bertz CT molecular complexity index is 1020. The van der Waals surface area contributed by atoms with Crippen LogP contribution in [0.5, 0.6) is 0 Å². The minimum Gasteiger partial charge on any atom is -0.459 e. The standard InChI is InChI=1S/C25H33F2NO5S/c1-19-12-14-20(15-13-19)34(30,31)32-18-10-6-5-8-16-25(22(26)27,21-11-7-9-17-28-21)23(29)33-24(2,3)4/h7,9,11-15,17,22H,5-6,8,10,16,18H2,1-4H3. The third kappa shape index (κ3) is 7.56. The van der Waals surface area contributed by atoms with Gasteiger partial charge < -0.3 is 4.74 Å². The monoisotopic (exact) mass is 497 g/mol. The highest BCUT2D eigenvalue weighted by Crippen LogP contribution is 2.38. The lowest BCUT2D eigenvalue weighted by Gasteiger charge is -2.33. The maximum absolute atomic E-state index is 14.4. The molecule has 0 spiro atoms. The van der Waals surface area contributed by atoms with E-state index in [1.807, 2.05) is 6.92 Å². The molecule has 1 heterocycles. The molecule has 0 fully saturated rings. The van der Waals surface area contributed by atoms with Crippen molar-refractivity contribution >= 4 is 16.1 Å². The molecule has 0 aliphatic carbocycles. The van der Waals surface area contributed by atoms with Crippen LogP contribution in [0, 0.1) is 6.92 Å². The lowest BCUT2D eigenvalue weighted by atomic mass is 9.79. The Morgan fingerprint density at radius 2 is 1.65 bits per heavy atom. The summed E-state index contributed by atoms with van der Waals surface area (Å²) in [4.78, 5) is 17.1. The third-order valence-corrected chi connectivity index (χ3v) is 6.60. The summed E-state index contributed by atoms with van der Waals surface area (Å²) < 4.78 is 63.6. The maximum Gasteiger partial charge on any atom is 0.324 e. The zero-order chi connectivity index (χ0) is 25.4. The van der Waals surface area contributed by atoms with Crippen molar-refractivity contribution in [2.45, 2.75) is 82.1 Å². The number of aromatic nitrogens is 1. The highest BCUT2D eigenvalue weighted by molar-refractivity contribution is 7.86. The number of hydrogen-bond donors (Lipinski definition) is 0. The number of pyridine rings is 1. The average Bonchev–Trinajstić information content (AvgIpc) is 2.75. The van der Waals surface area contributed by atoms with Crippen molar-refractivity contribution in [3.05, 3.63) is 59.9 Å². The fourth-order valence-electron chi connectivity index (χ4n) is 3.44. The minimum atomic E-state index is -3.84. The van der Waals surface area contributed by atoms with Gasteiger partial charge in [-0.1, -0.05) is 43.0 Å². The van der Waals surface area contributed by atoms with Crippen molar-refractivity contribution in [1.82, 2.24) is 4.98 Å². The minimum absolute atomic E-state index is 0.0114. The van der Waals surface area contributed by atoms with E-state index in [1.165, 1.54) is 24.4 Å². The van der Waals surface area contributed by atoms with Crippen LogP contribution < -0.4 is 0 Å². The van der Waals surface area contributed by atoms with Crippen LogP contribution in [0.15, 0.2) is 53.6 Å². The fraction of sp³-hybridized carbons (Fsp3) is 0.520. The predicted molar refractivity (Wildman–Crippen MR) is 125 cm³/mol. The molecule has 1 aromatic carbocycles. The highest BCUT2D eigenvalue weighted by atomic mass is 32.2. The summed E-state index contributed by atoms with van der Waals surface area (Å²) in [6.45, 7) is 6.73. The van der Waals surface area contributed by atoms with Gasteiger partial charge in [-0.25, -0.2) is 8.78 Å². The second-order valence-corrected chi connectivity index (χ2v) is 10.9. The Balaban J connectivity index is 1.95. The molecule has 0 N–H and O–H groups in total. The SMILES string of the molecule is Cc1ccc(S(=O)(=O)OCCCCCCC(C(=O)OC(C)(C)C)(c2ccccn2)C(F)F)cc1. The van der Waals surface area contributed by atoms with Gasteiger partial charge in [0, 0.05) is 6.20 Å². The molecular formula is C25H33F2NO5S. The first-order valence-electron chi connectivity index (χ1n) is 11.3. The Labute approximate surface area is 200 Å². The van der Waals surface area contributed by atoms with Crippen LogP contribution in [0.3, 0.4) is 0 Å². The predicted octanol–water partition coefficient (Wildman–Crippen LogP) is 5.59. The molecule has 188 valence electrons. The lowest BCUT2D eigenvalue weighted by molar-refractivity contribution is -0.170. The molecule has 1 aromatic heterocycles. The summed E-state index contributed by atoms with van der Waals surface area (Å²) >= 11 is 0. The molecule has 0 saturated carbocycles. The molecule has 2 aromatic rings. The smallest absolute Gasteiger partial charge is 0.324 e. The van der Waals surface area contributed by atoms with E-state index in [1.54, 1.807) is 45.0 Å². The Hall–Kier alpha value is -2.39. The van der Waals surface area contributed by atoms with Crippen molar-refractivity contribution in [3.8, 4) is 0 Å². The summed E-state index contributed by atoms with van der Waals surface area (Å²) in [5.74, 6) is -0.999. The van der Waals surface area contributed by atoms with Crippen molar-refractivity contribution in [3.63, 3.8) is 0 Å². The first-order chi connectivity index (χ1) is 15.9. The van der Waals surface area contributed by atoms with Crippen LogP contribution in [0.25, 0.3) is 0 Å². The lowest BCUT2D eigenvalue weighted by Crippen LogP contribution is -2.47. The molecule has 0 radical (unpaired) electrons. The number of unbranched alkanes of at least 4 members (excludes halogenated alkanes) is 3. The van der Waals surface area contributed by atoms with Crippen LogP contribution in [-0.2, 0) is 29.2 Å². The van der Waals surface area contributed by atoms with E-state index < -0.39 is 33.5 Å². The topological polar surface area (TPSA) is 82.6 Å². The zero-order valence-corrected chi connectivity index (χ0v) is 20.9. The zero-order valence-electron chi connectivity index (χ0n) is 20.1. The molecule has 0 aliphatic rings. The molecule has 9 heteroatoms. The van der Waals surface area contributed by atoms with E-state index in [0.29, 0.717) is 25.7 Å². The maximum atomic E-state index is 14.4. The Morgan fingerprint density at radius 3 is 2.21 bits per heavy atom. The van der Waals surface area contributed by atoms with Crippen molar-refractivity contribution in [2.24, 2.45) is 0 Å². The molecular weight excluding hydrogens is 464 g/mol. The van der Waals surface area contributed by atoms with E-state index in [9.17, 15) is 22.0 Å². The third-order valence-electron chi connectivity index (χ3n) is 5.27. The first-order valence-corrected chi connectivity index (χ1v) is 12.7. The van der Waals surface area contributed by atoms with Crippen LogP contribution in [0.2, 0.25) is 0 Å². The summed E-state index contributed by atoms with van der Waals surface area (Å²) in [6, 6.07) is 10.9. The Morgan fingerprint density at radius 1 is 1.00 bits per heavy atom. The van der Waals surface area contributed by atoms with Gasteiger partial charge in [-0.15, -0.1) is 0 Å². The summed E-state index contributed by atoms with van der Waals surface area (Å²) in [7, 11) is -3.84. The molecule has 0 amide bonds. The second-order valence-electron chi connectivity index (χ2n) is 9.24. The second kappa shape index (κ2) is 11.8. The molecule has 2 rings (SSSR count). The molecule has 6 nitrogen and oxygen atoms in total. The molecule has 0 bridgehead atoms. The number of esters is 1. The Kier molecular flexibility index (Phi) is 9.70. The molecule has 0 saturated heterocycles. The van der Waals surface area contributed by atoms with Crippen LogP contribution in [-0.4, -0.2) is 38.0 Å². The van der Waals surface area contributed by atoms with Gasteiger partial charge in [0.05, 0.1) is 17.2 Å². The van der Waals surface area contributed by atoms with E-state index in [-0.39, 0.29) is 23.6 Å². The number of carbonyl (C=O) groups excluding carboxylic acids is 1. The van der Waals surface area contributed by atoms with Gasteiger partial charge in [0.15, 0.2) is 5.41 Å². The quantitative estimate of drug-likeness (QED) is 0.216. The van der Waals surface area contributed by atoms with E-state index in [2.05, 4.69) is 4.98 Å². The number of alkyl halides is 2. The largest absolute Gasteiger partial charge is 0.459 e. The van der Waals surface area contributed by atoms with Gasteiger partial charge >= 0.3 is 5.97 Å². The number of rotatable bonds is 12. The van der Waals surface area contributed by atoms with Crippen molar-refractivity contribution in [2.75, 3.05) is 6.61 Å². The number of aryl methyl sites for hydroxylation is 1. The van der Waals surface area contributed by atoms with Crippen molar-refractivity contribution < 1.29 is 30.9 Å². The van der Waals surface area contributed by atoms with Gasteiger partial charge in [0.25, 0.3) is 16.5 Å². The van der Waals surface area contributed by atoms with Gasteiger partial charge in [-0.05, 0) is 64.8 Å². The normalized spacial score (nSPS) is 14.1. The molecule has 1 unspecified atom stereocenters. The number of halogens is 2. The summed E-state index contributed by atoms with van der Waals surface area (Å²) in [5, 5.41) is 0. The number of ether oxygens (including phenoxy) is 1. The van der Waals surface area contributed by atoms with E-state index in [0.717, 1.165) is 5.56 Å². The molecule has 0 aliphatic heterocycles. The number of benzene rings is 1. The van der Waals surface area contributed by atoms with Crippen LogP contribution >= 0.6 is 0 Å². The van der Waals surface area contributed by atoms with Gasteiger partial charge in [-0.3, -0.25) is 14.0 Å². The summed E-state index contributed by atoms with van der Waals surface area (Å²) in [5.41, 5.74) is -2.17. The van der Waals surface area contributed by atoms with Crippen LogP contribution in [0.1, 0.15) is 64.1 Å². The summed E-state index contributed by atoms with van der Waals surface area (Å²) in [6.07, 6.45) is 0.0486. The fourth-order valence-corrected chi connectivity index (χ4v) is 4.38. The van der Waals surface area contributed by atoms with Crippen molar-refractivity contribution in [1.29, 1.82) is 0 Å². The molecule has 1 atom stereocenters. The number of carbonyl (C=O) groups is 1. The number of hydrogen-bond acceptors (Lipinski definition) is 6. The van der Waals surface area contributed by atoms with Crippen LogP contribution in [0.4, 0.5) is 8.78 Å². The van der Waals surface area contributed by atoms with E-state index >= 15 is 0 Å². The number of nitrogens with zero attached hydrogens (tertiary/aromatic N) is 1. The first kappa shape index (κ1) is 27.9. The average molecular weight is 498 g/mol. The van der Waals surface area contributed by atoms with E-state index in [4.69, 9.17) is 8.92 Å². The highest BCUT2D eigenvalue weighted by Gasteiger charge is 2.52. The molecule has 34 heavy (non-hydrogen) atoms. The van der Waals surface area contributed by atoms with Gasteiger partial charge in [0.1, 0.15) is 5.60 Å².